The fraction of sp³-hybridized carbons (Fsp3) is 0. The number of hydrogen-bond acceptors (Lipinski definition) is 5. The Morgan fingerprint density at radius 1 is 0.583 bits per heavy atom. The van der Waals surface area contributed by atoms with E-state index in [2.05, 4.69) is 4.98 Å². The van der Waals surface area contributed by atoms with Crippen LogP contribution in [-0.4, -0.2) is 0 Å². The molecule has 0 radical (unpaired) electrons. The van der Waals surface area contributed by atoms with Crippen LogP contribution in [0.4, 0.5) is 0 Å². The Bertz CT molecular complexity index is 87.9. The van der Waals surface area contributed by atoms with Gasteiger partial charge in [-0.25, -0.2) is 4.98 Å². The van der Waals surface area contributed by atoms with Crippen molar-refractivity contribution in [2.24, 2.45) is 0 Å². The molecule has 0 bridgehead atoms. The zero-order valence-corrected chi connectivity index (χ0v) is 9.01. The van der Waals surface area contributed by atoms with E-state index in [1.54, 1.807) is 0 Å². The van der Waals surface area contributed by atoms with Crippen LogP contribution in [0.2, 0.25) is 0 Å². The second-order valence-corrected chi connectivity index (χ2v) is 1.08. The van der Waals surface area contributed by atoms with Crippen molar-refractivity contribution >= 4 is 0 Å². The zero-order valence-electron chi connectivity index (χ0n) is 7.28. The SMILES string of the molecule is N.N.N.N.N.[Ru+2].c1cc[nH+]cc1. The first-order valence-electron chi connectivity index (χ1n) is 1.91. The maximum absolute atomic E-state index is 2.89. The van der Waals surface area contributed by atoms with Gasteiger partial charge in [-0.3, -0.25) is 0 Å². The van der Waals surface area contributed by atoms with Crippen LogP contribution in [0.25, 0.3) is 0 Å². The first-order chi connectivity index (χ1) is 3.00. The molecule has 0 spiro atoms. The smallest absolute Gasteiger partial charge is 0.344 e. The van der Waals surface area contributed by atoms with Gasteiger partial charge in [-0.1, -0.05) is 6.07 Å². The molecule has 0 fully saturated rings. The monoisotopic (exact) mass is 267 g/mol. The maximum atomic E-state index is 2.89. The van der Waals surface area contributed by atoms with Gasteiger partial charge in [-0.05, 0) is 0 Å². The second-order valence-electron chi connectivity index (χ2n) is 1.08. The summed E-state index contributed by atoms with van der Waals surface area (Å²) >= 11 is 0. The second kappa shape index (κ2) is 31.2. The van der Waals surface area contributed by atoms with Gasteiger partial charge in [0.25, 0.3) is 0 Å². The molecule has 1 heterocycles. The molecule has 0 aliphatic heterocycles. The number of rotatable bonds is 0. The van der Waals surface area contributed by atoms with Crippen molar-refractivity contribution < 1.29 is 24.5 Å². The molecule has 7 heteroatoms. The Hall–Kier alpha value is -0.427. The molecule has 1 aromatic rings. The summed E-state index contributed by atoms with van der Waals surface area (Å²) in [5, 5.41) is 0. The molecule has 0 amide bonds. The van der Waals surface area contributed by atoms with Crippen molar-refractivity contribution in [2.45, 2.75) is 0 Å². The van der Waals surface area contributed by atoms with Crippen molar-refractivity contribution in [3.63, 3.8) is 0 Å². The third-order valence-electron chi connectivity index (χ3n) is 0.607. The molecule has 0 aliphatic carbocycles. The van der Waals surface area contributed by atoms with Crippen LogP contribution in [0.15, 0.2) is 30.6 Å². The van der Waals surface area contributed by atoms with E-state index in [1.807, 2.05) is 30.6 Å². The minimum absolute atomic E-state index is 0. The molecule has 0 unspecified atom stereocenters. The van der Waals surface area contributed by atoms with E-state index in [1.165, 1.54) is 0 Å². The minimum atomic E-state index is 0. The van der Waals surface area contributed by atoms with Gasteiger partial charge in [0.1, 0.15) is 0 Å². The first kappa shape index (κ1) is 41.7. The number of pyridine rings is 1. The summed E-state index contributed by atoms with van der Waals surface area (Å²) in [5.74, 6) is 0. The third-order valence-corrected chi connectivity index (χ3v) is 0.607. The maximum Gasteiger partial charge on any atom is 2.00 e. The minimum Gasteiger partial charge on any atom is -0.344 e. The molecule has 1 rings (SSSR count). The fourth-order valence-corrected chi connectivity index (χ4v) is 0.342. The van der Waals surface area contributed by atoms with E-state index in [0.29, 0.717) is 0 Å². The predicted molar refractivity (Wildman–Crippen MR) is 48.1 cm³/mol. The van der Waals surface area contributed by atoms with Crippen molar-refractivity contribution in [3.8, 4) is 0 Å². The van der Waals surface area contributed by atoms with Crippen molar-refractivity contribution in [1.82, 2.24) is 30.8 Å². The predicted octanol–water partition coefficient (Wildman–Crippen LogP) is 1.31. The molecular formula is C5H21N6Ru+3. The van der Waals surface area contributed by atoms with Crippen LogP contribution in [-0.2, 0) is 19.5 Å². The molecular weight excluding hydrogens is 245 g/mol. The van der Waals surface area contributed by atoms with Gasteiger partial charge in [0.2, 0.25) is 0 Å². The van der Waals surface area contributed by atoms with Crippen LogP contribution in [0, 0.1) is 0 Å². The molecule has 0 aliphatic rings. The summed E-state index contributed by atoms with van der Waals surface area (Å²) in [7, 11) is 0. The Kier molecular flexibility index (Phi) is 108. The molecule has 0 saturated heterocycles. The van der Waals surface area contributed by atoms with Crippen LogP contribution >= 0.6 is 0 Å². The van der Waals surface area contributed by atoms with Gasteiger partial charge < -0.3 is 30.8 Å². The fourth-order valence-electron chi connectivity index (χ4n) is 0.342. The van der Waals surface area contributed by atoms with Crippen molar-refractivity contribution in [1.29, 1.82) is 0 Å². The van der Waals surface area contributed by atoms with Crippen LogP contribution < -0.4 is 35.7 Å². The van der Waals surface area contributed by atoms with Gasteiger partial charge in [-0.2, -0.15) is 0 Å². The Balaban J connectivity index is -0.0000000150. The van der Waals surface area contributed by atoms with E-state index < -0.39 is 0 Å². The van der Waals surface area contributed by atoms with Crippen molar-refractivity contribution in [3.05, 3.63) is 30.6 Å². The normalized spacial score (nSPS) is 4.00. The van der Waals surface area contributed by atoms with Crippen molar-refractivity contribution in [2.75, 3.05) is 0 Å². The number of H-pyrrole nitrogens is 1. The Morgan fingerprint density at radius 3 is 1.00 bits per heavy atom. The molecule has 1 aromatic heterocycles. The topological polar surface area (TPSA) is 189 Å². The van der Waals surface area contributed by atoms with Gasteiger partial charge >= 0.3 is 19.5 Å². The van der Waals surface area contributed by atoms with Crippen LogP contribution in [0.3, 0.4) is 0 Å². The average molecular weight is 266 g/mol. The summed E-state index contributed by atoms with van der Waals surface area (Å²) in [6, 6.07) is 5.86. The van der Waals surface area contributed by atoms with E-state index in [0.717, 1.165) is 0 Å². The first-order valence-corrected chi connectivity index (χ1v) is 1.91. The molecule has 6 nitrogen and oxygen atoms in total. The molecule has 12 heavy (non-hydrogen) atoms. The number of aromatic nitrogens is 1. The quantitative estimate of drug-likeness (QED) is 0.441. The number of hydrogen-bond donors (Lipinski definition) is 5. The average Bonchev–Trinajstić information content (AvgIpc) is 1.72. The van der Waals surface area contributed by atoms with Gasteiger partial charge in [0, 0.05) is 12.1 Å². The molecule has 76 valence electrons. The Morgan fingerprint density at radius 2 is 0.917 bits per heavy atom. The molecule has 0 atom stereocenters. The van der Waals surface area contributed by atoms with Gasteiger partial charge in [0.05, 0.1) is 0 Å². The molecule has 0 saturated carbocycles. The standard InChI is InChI=1S/C5H5N.5H3N.Ru/c1-2-4-6-5-3-1;;;;;;/h1-5H;5*1H3;/q;;;;;;+2/p+1. The van der Waals surface area contributed by atoms with E-state index >= 15 is 0 Å². The molecule has 16 N–H and O–H groups in total. The number of nitrogens with one attached hydrogen (secondary N) is 1. The van der Waals surface area contributed by atoms with E-state index in [4.69, 9.17) is 0 Å². The van der Waals surface area contributed by atoms with E-state index in [9.17, 15) is 0 Å². The summed E-state index contributed by atoms with van der Waals surface area (Å²) < 4.78 is 0. The summed E-state index contributed by atoms with van der Waals surface area (Å²) in [6.07, 6.45) is 3.75. The van der Waals surface area contributed by atoms with Gasteiger partial charge in [-0.15, -0.1) is 0 Å². The van der Waals surface area contributed by atoms with Gasteiger partial charge in [0.15, 0.2) is 12.4 Å². The summed E-state index contributed by atoms with van der Waals surface area (Å²) in [5.41, 5.74) is 0. The van der Waals surface area contributed by atoms with Crippen LogP contribution in [0.5, 0.6) is 0 Å². The number of aromatic amines is 1. The largest absolute Gasteiger partial charge is 2.00 e. The van der Waals surface area contributed by atoms with Crippen LogP contribution in [0.1, 0.15) is 0 Å². The third kappa shape index (κ3) is 22.7. The molecule has 0 aromatic carbocycles. The van der Waals surface area contributed by atoms with E-state index in [-0.39, 0.29) is 50.2 Å². The zero-order chi connectivity index (χ0) is 4.24. The summed E-state index contributed by atoms with van der Waals surface area (Å²) in [4.78, 5) is 2.89. The Labute approximate surface area is 86.2 Å². The summed E-state index contributed by atoms with van der Waals surface area (Å²) in [6.45, 7) is 0.